The summed E-state index contributed by atoms with van der Waals surface area (Å²) < 4.78 is 85.3. The Hall–Kier alpha value is -4.64. The summed E-state index contributed by atoms with van der Waals surface area (Å²) in [5.41, 5.74) is -0.739. The van der Waals surface area contributed by atoms with Gasteiger partial charge in [0.2, 0.25) is 0 Å². The predicted octanol–water partition coefficient (Wildman–Crippen LogP) is -2.94. The van der Waals surface area contributed by atoms with Crippen LogP contribution in [0.3, 0.4) is 0 Å². The van der Waals surface area contributed by atoms with Crippen molar-refractivity contribution in [3.8, 4) is 0 Å². The maximum atomic E-state index is 13.2. The lowest BCUT2D eigenvalue weighted by molar-refractivity contribution is 0.0113. The first kappa shape index (κ1) is 49.3. The maximum absolute atomic E-state index is 13.2. The SMILES string of the molecule is O=c1c2cc3c(=O)n(CCOCCOCCOCCn4cc(CN5CCS(=O)(=O)CC5)nn4)c(=O)c3cc2c(=O)n1CCOCCOCCOCCn1cc(CN2CCS(=O)(=O)CC2)nn1. The van der Waals surface area contributed by atoms with E-state index >= 15 is 0 Å². The number of aromatic nitrogens is 8. The number of rotatable bonds is 28. The molecule has 2 fully saturated rings. The van der Waals surface area contributed by atoms with E-state index in [4.69, 9.17) is 28.4 Å². The molecule has 0 unspecified atom stereocenters. The van der Waals surface area contributed by atoms with Gasteiger partial charge >= 0.3 is 0 Å². The molecule has 0 N–H and O–H groups in total. The van der Waals surface area contributed by atoms with Crippen molar-refractivity contribution in [3.63, 3.8) is 0 Å². The summed E-state index contributed by atoms with van der Waals surface area (Å²) in [7, 11) is -5.87. The van der Waals surface area contributed by atoms with Gasteiger partial charge in [-0.05, 0) is 12.1 Å². The van der Waals surface area contributed by atoms with Gasteiger partial charge in [-0.2, -0.15) is 0 Å². The fourth-order valence-electron chi connectivity index (χ4n) is 7.51. The Morgan fingerprint density at radius 1 is 0.424 bits per heavy atom. The Labute approximate surface area is 379 Å². The number of nitrogens with zero attached hydrogens (tertiary/aromatic N) is 10. The fourth-order valence-corrected chi connectivity index (χ4v) is 10.1. The summed E-state index contributed by atoms with van der Waals surface area (Å²) in [5, 5.41) is 16.7. The molecule has 2 aliphatic heterocycles. The highest BCUT2D eigenvalue weighted by atomic mass is 32.2. The first-order valence-corrected chi connectivity index (χ1v) is 25.5. The number of hydrogen-bond donors (Lipinski definition) is 0. The van der Waals surface area contributed by atoms with Gasteiger partial charge in [0.1, 0.15) is 0 Å². The average Bonchev–Trinajstić information content (AvgIpc) is 4.05. The molecule has 0 radical (unpaired) electrons. The maximum Gasteiger partial charge on any atom is 0.261 e. The van der Waals surface area contributed by atoms with Crippen molar-refractivity contribution in [2.75, 3.05) is 128 Å². The summed E-state index contributed by atoms with van der Waals surface area (Å²) in [6.45, 7) is 7.32. The molecule has 0 spiro atoms. The minimum Gasteiger partial charge on any atom is -0.377 e. The van der Waals surface area contributed by atoms with E-state index in [0.717, 1.165) is 20.5 Å². The topological polar surface area (TPSA) is 270 Å². The van der Waals surface area contributed by atoms with E-state index in [1.807, 2.05) is 22.2 Å². The number of fused-ring (bicyclic) bond motifs is 2. The number of sulfone groups is 2. The lowest BCUT2D eigenvalue weighted by atomic mass is 10.1. The van der Waals surface area contributed by atoms with Crippen molar-refractivity contribution in [2.24, 2.45) is 0 Å². The van der Waals surface area contributed by atoms with Crippen LogP contribution in [0.25, 0.3) is 21.5 Å². The van der Waals surface area contributed by atoms with Gasteiger partial charge in [0.15, 0.2) is 19.7 Å². The van der Waals surface area contributed by atoms with Crippen LogP contribution in [-0.2, 0) is 87.4 Å². The van der Waals surface area contributed by atoms with Crippen molar-refractivity contribution in [2.45, 2.75) is 39.3 Å². The summed E-state index contributed by atoms with van der Waals surface area (Å²) in [6, 6.07) is 2.63. The summed E-state index contributed by atoms with van der Waals surface area (Å²) in [5.74, 6) is 0.645. The summed E-state index contributed by atoms with van der Waals surface area (Å²) >= 11 is 0. The first-order chi connectivity index (χ1) is 31.9. The second-order valence-corrected chi connectivity index (χ2v) is 20.6. The van der Waals surface area contributed by atoms with Crippen molar-refractivity contribution < 1.29 is 45.3 Å². The van der Waals surface area contributed by atoms with Gasteiger partial charge in [0, 0.05) is 51.7 Å². The second-order valence-electron chi connectivity index (χ2n) is 15.9. The number of benzene rings is 1. The van der Waals surface area contributed by atoms with Gasteiger partial charge in [-0.25, -0.2) is 26.2 Å². The molecule has 5 aromatic rings. The molecule has 2 aliphatic rings. The van der Waals surface area contributed by atoms with Crippen LogP contribution in [0.1, 0.15) is 11.4 Å². The smallest absolute Gasteiger partial charge is 0.261 e. The van der Waals surface area contributed by atoms with E-state index in [9.17, 15) is 36.0 Å². The van der Waals surface area contributed by atoms with Gasteiger partial charge in [0.25, 0.3) is 22.2 Å². The van der Waals surface area contributed by atoms with Gasteiger partial charge in [-0.3, -0.25) is 38.1 Å². The Balaban J connectivity index is 0.722. The number of hydrogen-bond acceptors (Lipinski definition) is 20. The molecule has 66 heavy (non-hydrogen) atoms. The zero-order chi connectivity index (χ0) is 46.5. The molecule has 0 amide bonds. The quantitative estimate of drug-likeness (QED) is 0.0454. The molecule has 26 heteroatoms. The van der Waals surface area contributed by atoms with Crippen LogP contribution in [0.2, 0.25) is 0 Å². The zero-order valence-electron chi connectivity index (χ0n) is 36.7. The lowest BCUT2D eigenvalue weighted by Gasteiger charge is -2.25. The van der Waals surface area contributed by atoms with E-state index in [0.29, 0.717) is 92.0 Å². The van der Waals surface area contributed by atoms with Gasteiger partial charge in [-0.1, -0.05) is 10.4 Å². The van der Waals surface area contributed by atoms with Crippen LogP contribution in [0.5, 0.6) is 0 Å². The summed E-state index contributed by atoms with van der Waals surface area (Å²) in [6.07, 6.45) is 3.65. The molecular formula is C40H56N10O14S2. The van der Waals surface area contributed by atoms with Crippen LogP contribution in [-0.4, -0.2) is 194 Å². The van der Waals surface area contributed by atoms with Crippen molar-refractivity contribution in [1.29, 1.82) is 0 Å². The van der Waals surface area contributed by atoms with Crippen LogP contribution in [0, 0.1) is 0 Å². The zero-order valence-corrected chi connectivity index (χ0v) is 38.3. The van der Waals surface area contributed by atoms with Gasteiger partial charge in [-0.15, -0.1) is 10.2 Å². The van der Waals surface area contributed by atoms with Crippen molar-refractivity contribution in [1.82, 2.24) is 48.9 Å². The molecule has 0 bridgehead atoms. The molecule has 4 aromatic heterocycles. The van der Waals surface area contributed by atoms with Crippen LogP contribution in [0.4, 0.5) is 0 Å². The molecular weight excluding hydrogens is 909 g/mol. The molecule has 7 rings (SSSR count). The van der Waals surface area contributed by atoms with E-state index < -0.39 is 41.9 Å². The van der Waals surface area contributed by atoms with Crippen LogP contribution < -0.4 is 22.2 Å². The van der Waals surface area contributed by atoms with Gasteiger partial charge in [0.05, 0.1) is 161 Å². The molecule has 0 saturated carbocycles. The largest absolute Gasteiger partial charge is 0.377 e. The third-order valence-electron chi connectivity index (χ3n) is 11.2. The minimum atomic E-state index is -2.93. The predicted molar refractivity (Wildman–Crippen MR) is 238 cm³/mol. The van der Waals surface area contributed by atoms with Crippen LogP contribution in [0.15, 0.2) is 43.7 Å². The van der Waals surface area contributed by atoms with E-state index in [-0.39, 0.29) is 97.3 Å². The molecule has 0 aliphatic carbocycles. The molecule has 24 nitrogen and oxygen atoms in total. The highest BCUT2D eigenvalue weighted by molar-refractivity contribution is 7.91. The normalized spacial score (nSPS) is 16.8. The third-order valence-corrected chi connectivity index (χ3v) is 14.4. The fraction of sp³-hybridized carbons (Fsp3) is 0.650. The van der Waals surface area contributed by atoms with E-state index in [1.165, 1.54) is 12.1 Å². The Bertz CT molecular complexity index is 2520. The van der Waals surface area contributed by atoms with Gasteiger partial charge < -0.3 is 28.4 Å². The monoisotopic (exact) mass is 964 g/mol. The van der Waals surface area contributed by atoms with E-state index in [2.05, 4.69) is 20.6 Å². The molecule has 362 valence electrons. The second kappa shape index (κ2) is 23.4. The Kier molecular flexibility index (Phi) is 17.5. The van der Waals surface area contributed by atoms with Crippen molar-refractivity contribution >= 4 is 41.2 Å². The molecule has 0 atom stereocenters. The highest BCUT2D eigenvalue weighted by Gasteiger charge is 2.24. The Morgan fingerprint density at radius 3 is 1.03 bits per heavy atom. The summed E-state index contributed by atoms with van der Waals surface area (Å²) in [4.78, 5) is 56.8. The Morgan fingerprint density at radius 2 is 0.712 bits per heavy atom. The first-order valence-electron chi connectivity index (χ1n) is 21.9. The molecule has 1 aromatic carbocycles. The highest BCUT2D eigenvalue weighted by Crippen LogP contribution is 2.15. The third kappa shape index (κ3) is 13.7. The van der Waals surface area contributed by atoms with E-state index in [1.54, 1.807) is 9.36 Å². The molecule has 2 saturated heterocycles. The lowest BCUT2D eigenvalue weighted by Crippen LogP contribution is -2.39. The average molecular weight is 965 g/mol. The van der Waals surface area contributed by atoms with Crippen molar-refractivity contribution in [3.05, 3.63) is 77.3 Å². The van der Waals surface area contributed by atoms with Crippen LogP contribution >= 0.6 is 0 Å². The standard InChI is InChI=1S/C40H56N10O14S2/c51-37-33-25-35-36(40(54)50(39(35)53)4-12-62-16-20-64-18-14-60-10-2-48-30-32(42-44-48)28-46-7-23-66(57,58)24-8-46)26-34(33)38(52)49(37)3-11-61-15-19-63-17-13-59-9-1-47-29-31(41-43-47)27-45-5-21-65(55,56)22-6-45/h25-26,29-30H,1-24,27-28H2. The minimum absolute atomic E-state index is 0.0172. The molecule has 6 heterocycles. The number of ether oxygens (including phenoxy) is 6.